The molecule has 1 unspecified atom stereocenters. The molecule has 3 aromatic rings. The van der Waals surface area contributed by atoms with E-state index in [0.29, 0.717) is 11.5 Å². The molecule has 2 nitrogen and oxygen atoms in total. The summed E-state index contributed by atoms with van der Waals surface area (Å²) in [7, 11) is 0. The summed E-state index contributed by atoms with van der Waals surface area (Å²) in [5.74, 6) is -3.70. The predicted molar refractivity (Wildman–Crippen MR) is 112 cm³/mol. The van der Waals surface area contributed by atoms with Crippen molar-refractivity contribution in [1.29, 1.82) is 0 Å². The van der Waals surface area contributed by atoms with Gasteiger partial charge in [-0.05, 0) is 77.8 Å². The van der Waals surface area contributed by atoms with Gasteiger partial charge in [-0.25, -0.2) is 13.2 Å². The van der Waals surface area contributed by atoms with E-state index in [4.69, 9.17) is 0 Å². The average Bonchev–Trinajstić information content (AvgIpc) is 3.15. The van der Waals surface area contributed by atoms with Gasteiger partial charge in [-0.2, -0.15) is 0 Å². The van der Waals surface area contributed by atoms with Gasteiger partial charge in [-0.15, -0.1) is 0 Å². The minimum atomic E-state index is -1.46. The van der Waals surface area contributed by atoms with Crippen LogP contribution in [0.15, 0.2) is 67.3 Å². The summed E-state index contributed by atoms with van der Waals surface area (Å²) < 4.78 is 40.7. The van der Waals surface area contributed by atoms with Crippen LogP contribution in [0.3, 0.4) is 0 Å². The van der Waals surface area contributed by atoms with Crippen LogP contribution in [-0.2, 0) is 17.6 Å². The highest BCUT2D eigenvalue weighted by atomic mass is 19.2. The molecule has 0 saturated heterocycles. The van der Waals surface area contributed by atoms with Crippen molar-refractivity contribution in [2.24, 2.45) is 0 Å². The fourth-order valence-corrected chi connectivity index (χ4v) is 4.04. The lowest BCUT2D eigenvalue weighted by atomic mass is 9.92. The molecule has 1 amide bonds. The average molecular weight is 407 g/mol. The van der Waals surface area contributed by atoms with Gasteiger partial charge in [-0.1, -0.05) is 36.9 Å². The minimum absolute atomic E-state index is 0.0424. The molecule has 0 saturated carbocycles. The molecular weight excluding hydrogens is 387 g/mol. The monoisotopic (exact) mass is 407 g/mol. The van der Waals surface area contributed by atoms with Gasteiger partial charge in [0.25, 0.3) is 0 Å². The Bertz CT molecular complexity index is 1120. The van der Waals surface area contributed by atoms with E-state index < -0.39 is 17.5 Å². The second kappa shape index (κ2) is 8.19. The topological polar surface area (TPSA) is 29.1 Å². The molecule has 0 spiro atoms. The second-order valence-electron chi connectivity index (χ2n) is 7.47. The molecule has 152 valence electrons. The first-order valence-corrected chi connectivity index (χ1v) is 9.75. The predicted octanol–water partition coefficient (Wildman–Crippen LogP) is 6.17. The highest BCUT2D eigenvalue weighted by molar-refractivity contribution is 5.98. The number of rotatable bonds is 5. The molecule has 1 aliphatic carbocycles. The molecule has 1 N–H and O–H groups in total. The fraction of sp³-hybridized carbons (Fsp3) is 0.160. The SMILES string of the molecule is C=CC(=O)Nc1ccc2c(c1)CCC2Cc1ccc(-c2ccc(F)c(F)c2F)cc1. The van der Waals surface area contributed by atoms with Crippen LogP contribution in [0.1, 0.15) is 29.0 Å². The Morgan fingerprint density at radius 1 is 1.03 bits per heavy atom. The highest BCUT2D eigenvalue weighted by Gasteiger charge is 2.23. The van der Waals surface area contributed by atoms with Crippen LogP contribution in [0.5, 0.6) is 0 Å². The Morgan fingerprint density at radius 3 is 2.53 bits per heavy atom. The Morgan fingerprint density at radius 2 is 1.80 bits per heavy atom. The zero-order valence-electron chi connectivity index (χ0n) is 16.2. The van der Waals surface area contributed by atoms with Crippen LogP contribution in [0.4, 0.5) is 18.9 Å². The van der Waals surface area contributed by atoms with Crippen LogP contribution >= 0.6 is 0 Å². The Labute approximate surface area is 173 Å². The van der Waals surface area contributed by atoms with Crippen molar-refractivity contribution in [1.82, 2.24) is 0 Å². The normalized spacial score (nSPS) is 15.0. The molecule has 0 heterocycles. The van der Waals surface area contributed by atoms with Gasteiger partial charge >= 0.3 is 0 Å². The summed E-state index contributed by atoms with van der Waals surface area (Å²) in [6, 6.07) is 15.4. The number of halogens is 3. The van der Waals surface area contributed by atoms with E-state index in [1.165, 1.54) is 23.3 Å². The van der Waals surface area contributed by atoms with Gasteiger partial charge in [0.15, 0.2) is 17.5 Å². The number of carbonyl (C=O) groups excluding carboxylic acids is 1. The van der Waals surface area contributed by atoms with Crippen LogP contribution in [0, 0.1) is 17.5 Å². The number of hydrogen-bond donors (Lipinski definition) is 1. The van der Waals surface area contributed by atoms with Crippen molar-refractivity contribution in [2.75, 3.05) is 5.32 Å². The van der Waals surface area contributed by atoms with Crippen molar-refractivity contribution in [3.8, 4) is 11.1 Å². The van der Waals surface area contributed by atoms with Crippen LogP contribution in [-0.4, -0.2) is 5.91 Å². The van der Waals surface area contributed by atoms with E-state index >= 15 is 0 Å². The van der Waals surface area contributed by atoms with Crippen LogP contribution in [0.2, 0.25) is 0 Å². The highest BCUT2D eigenvalue weighted by Crippen LogP contribution is 2.37. The van der Waals surface area contributed by atoms with E-state index in [0.717, 1.165) is 36.6 Å². The fourth-order valence-electron chi connectivity index (χ4n) is 4.04. The van der Waals surface area contributed by atoms with Gasteiger partial charge in [0.2, 0.25) is 5.91 Å². The molecule has 0 fully saturated rings. The largest absolute Gasteiger partial charge is 0.323 e. The molecule has 1 atom stereocenters. The maximum absolute atomic E-state index is 14.0. The van der Waals surface area contributed by atoms with Gasteiger partial charge < -0.3 is 5.32 Å². The zero-order valence-corrected chi connectivity index (χ0v) is 16.2. The lowest BCUT2D eigenvalue weighted by Gasteiger charge is -2.13. The molecule has 30 heavy (non-hydrogen) atoms. The number of nitrogens with one attached hydrogen (secondary N) is 1. The lowest BCUT2D eigenvalue weighted by molar-refractivity contribution is -0.111. The van der Waals surface area contributed by atoms with Crippen LogP contribution in [0.25, 0.3) is 11.1 Å². The molecule has 0 radical (unpaired) electrons. The van der Waals surface area contributed by atoms with Gasteiger partial charge in [0, 0.05) is 11.3 Å². The second-order valence-corrected chi connectivity index (χ2v) is 7.47. The Balaban J connectivity index is 1.50. The van der Waals surface area contributed by atoms with E-state index in [1.807, 2.05) is 24.3 Å². The first-order chi connectivity index (χ1) is 14.5. The standard InChI is InChI=1S/C25H20F3NO/c1-2-23(30)29-19-9-10-20-17(7-8-18(20)14-19)13-15-3-5-16(6-4-15)21-11-12-22(26)25(28)24(21)27/h2-6,9-12,14,17H,1,7-8,13H2,(H,29,30). The number of aryl methyl sites for hydroxylation is 1. The van der Waals surface area contributed by atoms with Crippen molar-refractivity contribution >= 4 is 11.6 Å². The molecule has 5 heteroatoms. The first-order valence-electron chi connectivity index (χ1n) is 9.75. The van der Waals surface area contributed by atoms with Crippen molar-refractivity contribution < 1.29 is 18.0 Å². The third-order valence-corrected chi connectivity index (χ3v) is 5.58. The first kappa shape index (κ1) is 20.0. The molecule has 0 aromatic heterocycles. The summed E-state index contributed by atoms with van der Waals surface area (Å²) >= 11 is 0. The van der Waals surface area contributed by atoms with Crippen molar-refractivity contribution in [3.05, 3.63) is 101 Å². The van der Waals surface area contributed by atoms with Gasteiger partial charge in [-0.3, -0.25) is 4.79 Å². The molecule has 4 rings (SSSR count). The third kappa shape index (κ3) is 3.88. The van der Waals surface area contributed by atoms with E-state index in [1.54, 1.807) is 12.1 Å². The van der Waals surface area contributed by atoms with E-state index in [-0.39, 0.29) is 11.5 Å². The Kier molecular flexibility index (Phi) is 5.44. The minimum Gasteiger partial charge on any atom is -0.323 e. The Hall–Kier alpha value is -3.34. The number of amides is 1. The van der Waals surface area contributed by atoms with Crippen molar-refractivity contribution in [3.63, 3.8) is 0 Å². The summed E-state index contributed by atoms with van der Waals surface area (Å²) in [5, 5.41) is 2.78. The zero-order chi connectivity index (χ0) is 21.3. The smallest absolute Gasteiger partial charge is 0.247 e. The van der Waals surface area contributed by atoms with E-state index in [9.17, 15) is 18.0 Å². The lowest BCUT2D eigenvalue weighted by Crippen LogP contribution is -2.07. The van der Waals surface area contributed by atoms with Crippen LogP contribution < -0.4 is 5.32 Å². The summed E-state index contributed by atoms with van der Waals surface area (Å²) in [6.45, 7) is 3.46. The summed E-state index contributed by atoms with van der Waals surface area (Å²) in [6.07, 6.45) is 4.02. The molecule has 3 aromatic carbocycles. The maximum atomic E-state index is 14.0. The summed E-state index contributed by atoms with van der Waals surface area (Å²) in [5.41, 5.74) is 4.89. The number of carbonyl (C=O) groups is 1. The number of hydrogen-bond acceptors (Lipinski definition) is 1. The number of anilines is 1. The number of benzene rings is 3. The molecular formula is C25H20F3NO. The molecule has 1 aliphatic rings. The van der Waals surface area contributed by atoms with Gasteiger partial charge in [0.05, 0.1) is 0 Å². The van der Waals surface area contributed by atoms with Crippen molar-refractivity contribution in [2.45, 2.75) is 25.2 Å². The van der Waals surface area contributed by atoms with Gasteiger partial charge in [0.1, 0.15) is 0 Å². The quantitative estimate of drug-likeness (QED) is 0.398. The number of fused-ring (bicyclic) bond motifs is 1. The molecule has 0 bridgehead atoms. The maximum Gasteiger partial charge on any atom is 0.247 e. The molecule has 0 aliphatic heterocycles. The summed E-state index contributed by atoms with van der Waals surface area (Å²) in [4.78, 5) is 11.5. The third-order valence-electron chi connectivity index (χ3n) is 5.58. The van der Waals surface area contributed by atoms with E-state index in [2.05, 4.69) is 18.0 Å².